The molecule has 0 aliphatic carbocycles. The van der Waals surface area contributed by atoms with Crippen molar-refractivity contribution in [2.75, 3.05) is 22.9 Å². The molecule has 0 saturated carbocycles. The average Bonchev–Trinajstić information content (AvgIpc) is 3.04. The van der Waals surface area contributed by atoms with E-state index in [1.54, 1.807) is 21.9 Å². The van der Waals surface area contributed by atoms with Crippen molar-refractivity contribution in [3.05, 3.63) is 59.2 Å². The van der Waals surface area contributed by atoms with Crippen molar-refractivity contribution in [3.8, 4) is 0 Å². The summed E-state index contributed by atoms with van der Waals surface area (Å²) < 4.78 is 0. The van der Waals surface area contributed by atoms with E-state index in [1.165, 1.54) is 5.56 Å². The normalized spacial score (nSPS) is 15.8. The molecule has 2 aromatic rings. The van der Waals surface area contributed by atoms with Crippen LogP contribution in [0.4, 0.5) is 16.2 Å². The molecule has 4 rings (SSSR count). The Bertz CT molecular complexity index is 831. The molecule has 0 fully saturated rings. The Morgan fingerprint density at radius 2 is 1.62 bits per heavy atom. The molecule has 0 saturated heterocycles. The highest BCUT2D eigenvalue weighted by molar-refractivity contribution is 6.06. The first kappa shape index (κ1) is 14.8. The van der Waals surface area contributed by atoms with Gasteiger partial charge >= 0.3 is 12.0 Å². The molecule has 0 aromatic heterocycles. The van der Waals surface area contributed by atoms with E-state index >= 15 is 0 Å². The number of rotatable bonds is 1. The molecule has 5 nitrogen and oxygen atoms in total. The third kappa shape index (κ3) is 2.24. The lowest BCUT2D eigenvalue weighted by Crippen LogP contribution is -2.45. The van der Waals surface area contributed by atoms with Gasteiger partial charge in [0, 0.05) is 24.5 Å². The van der Waals surface area contributed by atoms with Crippen LogP contribution in [0, 0.1) is 0 Å². The number of urea groups is 1. The third-order valence-electron chi connectivity index (χ3n) is 4.83. The smallest absolute Gasteiger partial charge is 0.336 e. The minimum absolute atomic E-state index is 0.0663. The molecule has 0 radical (unpaired) electrons. The topological polar surface area (TPSA) is 60.9 Å². The standard InChI is InChI=1S/C19H18N2O3/c22-18(23)15-6-3-9-17-14(15)7-4-11-20(17)19(24)21-12-10-13-5-1-2-8-16(13)21/h1-3,5-6,8-9H,4,7,10-12H2,(H,22,23). The van der Waals surface area contributed by atoms with Crippen molar-refractivity contribution in [2.45, 2.75) is 19.3 Å². The summed E-state index contributed by atoms with van der Waals surface area (Å²) in [5, 5.41) is 9.39. The molecule has 24 heavy (non-hydrogen) atoms. The predicted molar refractivity (Wildman–Crippen MR) is 92.0 cm³/mol. The van der Waals surface area contributed by atoms with E-state index in [0.29, 0.717) is 25.1 Å². The molecule has 122 valence electrons. The summed E-state index contributed by atoms with van der Waals surface area (Å²) in [7, 11) is 0. The zero-order valence-corrected chi connectivity index (χ0v) is 13.2. The van der Waals surface area contributed by atoms with Crippen LogP contribution in [0.25, 0.3) is 0 Å². The molecule has 0 atom stereocenters. The number of anilines is 2. The van der Waals surface area contributed by atoms with Gasteiger partial charge in [0.2, 0.25) is 0 Å². The number of amides is 2. The first-order valence-corrected chi connectivity index (χ1v) is 8.19. The molecule has 1 N–H and O–H groups in total. The number of carboxylic acids is 1. The highest BCUT2D eigenvalue weighted by atomic mass is 16.4. The van der Waals surface area contributed by atoms with Crippen LogP contribution in [-0.4, -0.2) is 30.2 Å². The highest BCUT2D eigenvalue weighted by Gasteiger charge is 2.32. The number of hydrogen-bond acceptors (Lipinski definition) is 2. The number of fused-ring (bicyclic) bond motifs is 2. The van der Waals surface area contributed by atoms with Crippen LogP contribution in [0.15, 0.2) is 42.5 Å². The van der Waals surface area contributed by atoms with Gasteiger partial charge in [0.05, 0.1) is 5.56 Å². The highest BCUT2D eigenvalue weighted by Crippen LogP contribution is 2.34. The van der Waals surface area contributed by atoms with Crippen molar-refractivity contribution < 1.29 is 14.7 Å². The number of para-hydroxylation sites is 1. The largest absolute Gasteiger partial charge is 0.478 e. The van der Waals surface area contributed by atoms with Crippen molar-refractivity contribution in [1.29, 1.82) is 0 Å². The van der Waals surface area contributed by atoms with Crippen LogP contribution in [0.2, 0.25) is 0 Å². The summed E-state index contributed by atoms with van der Waals surface area (Å²) in [6, 6.07) is 13.1. The van der Waals surface area contributed by atoms with Crippen LogP contribution in [0.5, 0.6) is 0 Å². The Morgan fingerprint density at radius 1 is 0.875 bits per heavy atom. The fourth-order valence-corrected chi connectivity index (χ4v) is 3.71. The second-order valence-corrected chi connectivity index (χ2v) is 6.18. The maximum atomic E-state index is 13.1. The summed E-state index contributed by atoms with van der Waals surface area (Å²) in [5.41, 5.74) is 3.94. The SMILES string of the molecule is O=C(O)c1cccc2c1CCCN2C(=O)N1CCc2ccccc21. The van der Waals surface area contributed by atoms with Gasteiger partial charge in [-0.1, -0.05) is 24.3 Å². The van der Waals surface area contributed by atoms with Crippen LogP contribution in [0.3, 0.4) is 0 Å². The average molecular weight is 322 g/mol. The molecule has 0 unspecified atom stereocenters. The maximum absolute atomic E-state index is 13.1. The molecule has 2 heterocycles. The number of carbonyl (C=O) groups is 2. The number of hydrogen-bond donors (Lipinski definition) is 1. The van der Waals surface area contributed by atoms with Gasteiger partial charge in [0.1, 0.15) is 0 Å². The Morgan fingerprint density at radius 3 is 2.46 bits per heavy atom. The van der Waals surface area contributed by atoms with Gasteiger partial charge in [-0.25, -0.2) is 9.59 Å². The lowest BCUT2D eigenvalue weighted by atomic mass is 9.96. The second-order valence-electron chi connectivity index (χ2n) is 6.18. The van der Waals surface area contributed by atoms with E-state index < -0.39 is 5.97 Å². The zero-order chi connectivity index (χ0) is 16.7. The van der Waals surface area contributed by atoms with Gasteiger partial charge in [-0.3, -0.25) is 9.80 Å². The lowest BCUT2D eigenvalue weighted by molar-refractivity contribution is 0.0695. The van der Waals surface area contributed by atoms with Crippen molar-refractivity contribution in [1.82, 2.24) is 0 Å². The minimum Gasteiger partial charge on any atom is -0.478 e. The van der Waals surface area contributed by atoms with E-state index in [2.05, 4.69) is 6.07 Å². The van der Waals surface area contributed by atoms with Crippen LogP contribution < -0.4 is 9.80 Å². The van der Waals surface area contributed by atoms with Crippen LogP contribution in [-0.2, 0) is 12.8 Å². The maximum Gasteiger partial charge on any atom is 0.336 e. The Balaban J connectivity index is 1.71. The Kier molecular flexibility index (Phi) is 3.49. The molecule has 0 spiro atoms. The first-order valence-electron chi connectivity index (χ1n) is 8.19. The van der Waals surface area contributed by atoms with Gasteiger partial charge in [0.25, 0.3) is 0 Å². The summed E-state index contributed by atoms with van der Waals surface area (Å²) in [6.07, 6.45) is 2.33. The molecule has 5 heteroatoms. The first-order chi connectivity index (χ1) is 11.7. The third-order valence-corrected chi connectivity index (χ3v) is 4.83. The molecule has 2 amide bonds. The number of carboxylic acid groups (broad SMARTS) is 1. The summed E-state index contributed by atoms with van der Waals surface area (Å²) in [4.78, 5) is 28.1. The predicted octanol–water partition coefficient (Wildman–Crippen LogP) is 3.32. The molecule has 2 aliphatic heterocycles. The van der Waals surface area contributed by atoms with Crippen LogP contribution in [0.1, 0.15) is 27.9 Å². The fourth-order valence-electron chi connectivity index (χ4n) is 3.71. The van der Waals surface area contributed by atoms with Gasteiger partial charge in [-0.05, 0) is 48.6 Å². The van der Waals surface area contributed by atoms with E-state index in [1.807, 2.05) is 24.3 Å². The van der Waals surface area contributed by atoms with E-state index in [4.69, 9.17) is 0 Å². The number of benzene rings is 2. The van der Waals surface area contributed by atoms with Gasteiger partial charge in [-0.15, -0.1) is 0 Å². The van der Waals surface area contributed by atoms with Gasteiger partial charge in [-0.2, -0.15) is 0 Å². The monoisotopic (exact) mass is 322 g/mol. The van der Waals surface area contributed by atoms with Crippen molar-refractivity contribution in [2.24, 2.45) is 0 Å². The fraction of sp³-hybridized carbons (Fsp3) is 0.263. The van der Waals surface area contributed by atoms with E-state index in [-0.39, 0.29) is 6.03 Å². The van der Waals surface area contributed by atoms with Crippen molar-refractivity contribution in [3.63, 3.8) is 0 Å². The number of aromatic carboxylic acids is 1. The van der Waals surface area contributed by atoms with Crippen LogP contribution >= 0.6 is 0 Å². The van der Waals surface area contributed by atoms with E-state index in [0.717, 1.165) is 29.8 Å². The summed E-state index contributed by atoms with van der Waals surface area (Å²) in [5.74, 6) is -0.937. The molecule has 2 aliphatic rings. The zero-order valence-electron chi connectivity index (χ0n) is 13.2. The number of nitrogens with zero attached hydrogens (tertiary/aromatic N) is 2. The van der Waals surface area contributed by atoms with E-state index in [9.17, 15) is 14.7 Å². The van der Waals surface area contributed by atoms with Gasteiger partial charge < -0.3 is 5.11 Å². The second kappa shape index (κ2) is 5.67. The quantitative estimate of drug-likeness (QED) is 0.876. The summed E-state index contributed by atoms with van der Waals surface area (Å²) in [6.45, 7) is 1.29. The minimum atomic E-state index is -0.937. The molecular weight excluding hydrogens is 304 g/mol. The number of carbonyl (C=O) groups excluding carboxylic acids is 1. The molecule has 2 aromatic carbocycles. The van der Waals surface area contributed by atoms with Gasteiger partial charge in [0.15, 0.2) is 0 Å². The summed E-state index contributed by atoms with van der Waals surface area (Å²) >= 11 is 0. The molecule has 0 bridgehead atoms. The van der Waals surface area contributed by atoms with Crippen molar-refractivity contribution >= 4 is 23.4 Å². The Hall–Kier alpha value is -2.82. The lowest BCUT2D eigenvalue weighted by Gasteiger charge is -2.33. The Labute approximate surface area is 140 Å². The molecular formula is C19H18N2O3.